The molecular weight excluding hydrogens is 278 g/mol. The van der Waals surface area contributed by atoms with Gasteiger partial charge in [0.2, 0.25) is 11.8 Å². The lowest BCUT2D eigenvalue weighted by Crippen LogP contribution is -2.05. The highest BCUT2D eigenvalue weighted by molar-refractivity contribution is 6.31. The van der Waals surface area contributed by atoms with E-state index in [9.17, 15) is 0 Å². The van der Waals surface area contributed by atoms with E-state index < -0.39 is 0 Å². The Labute approximate surface area is 120 Å². The number of nitrogens with two attached hydrogens (primary N) is 1. The second kappa shape index (κ2) is 4.97. The number of fused-ring (bicyclic) bond motifs is 1. The summed E-state index contributed by atoms with van der Waals surface area (Å²) in [5.74, 6) is 0.748. The third-order valence-corrected chi connectivity index (χ3v) is 3.38. The largest absolute Gasteiger partial charge is 0.479 e. The van der Waals surface area contributed by atoms with E-state index in [0.29, 0.717) is 34.6 Å². The second-order valence-corrected chi connectivity index (χ2v) is 4.61. The SMILES string of the molecule is COc1ncnc2c1nc(N)n2Cc1ccccc1Cl. The van der Waals surface area contributed by atoms with Crippen molar-refractivity contribution in [2.24, 2.45) is 0 Å². The molecule has 2 heterocycles. The Morgan fingerprint density at radius 3 is 2.85 bits per heavy atom. The summed E-state index contributed by atoms with van der Waals surface area (Å²) in [5, 5.41) is 0.676. The van der Waals surface area contributed by atoms with Gasteiger partial charge in [0.25, 0.3) is 0 Å². The number of nitrogens with zero attached hydrogens (tertiary/aromatic N) is 4. The van der Waals surface area contributed by atoms with Gasteiger partial charge in [0.05, 0.1) is 13.7 Å². The van der Waals surface area contributed by atoms with E-state index in [2.05, 4.69) is 15.0 Å². The molecule has 0 amide bonds. The Bertz CT molecular complexity index is 771. The van der Waals surface area contributed by atoms with Gasteiger partial charge in [-0.15, -0.1) is 0 Å². The van der Waals surface area contributed by atoms with E-state index in [4.69, 9.17) is 22.1 Å². The van der Waals surface area contributed by atoms with E-state index in [1.807, 2.05) is 24.3 Å². The molecule has 0 bridgehead atoms. The van der Waals surface area contributed by atoms with E-state index in [1.54, 1.807) is 4.57 Å². The minimum atomic E-state index is 0.346. The fraction of sp³-hybridized carbons (Fsp3) is 0.154. The van der Waals surface area contributed by atoms with Crippen molar-refractivity contribution in [3.05, 3.63) is 41.2 Å². The van der Waals surface area contributed by atoms with Crippen LogP contribution in [0.3, 0.4) is 0 Å². The van der Waals surface area contributed by atoms with Crippen LogP contribution >= 0.6 is 11.6 Å². The maximum absolute atomic E-state index is 6.17. The number of imidazole rings is 1. The first-order chi connectivity index (χ1) is 9.70. The number of hydrogen-bond acceptors (Lipinski definition) is 5. The quantitative estimate of drug-likeness (QED) is 0.799. The number of methoxy groups -OCH3 is 1. The molecule has 0 saturated carbocycles. The zero-order valence-corrected chi connectivity index (χ0v) is 11.5. The van der Waals surface area contributed by atoms with Crippen LogP contribution in [0.2, 0.25) is 5.02 Å². The Morgan fingerprint density at radius 1 is 1.30 bits per heavy atom. The first-order valence-electron chi connectivity index (χ1n) is 5.95. The van der Waals surface area contributed by atoms with Crippen molar-refractivity contribution in [3.63, 3.8) is 0 Å². The van der Waals surface area contributed by atoms with Crippen molar-refractivity contribution in [1.29, 1.82) is 0 Å². The molecule has 0 spiro atoms. The monoisotopic (exact) mass is 289 g/mol. The lowest BCUT2D eigenvalue weighted by molar-refractivity contribution is 0.401. The lowest BCUT2D eigenvalue weighted by atomic mass is 10.2. The number of benzene rings is 1. The molecule has 0 radical (unpaired) electrons. The molecule has 0 aliphatic rings. The minimum Gasteiger partial charge on any atom is -0.479 e. The van der Waals surface area contributed by atoms with Crippen LogP contribution < -0.4 is 10.5 Å². The van der Waals surface area contributed by atoms with Crippen molar-refractivity contribution < 1.29 is 4.74 Å². The topological polar surface area (TPSA) is 78.8 Å². The molecule has 0 atom stereocenters. The first kappa shape index (κ1) is 12.7. The molecule has 0 aliphatic carbocycles. The van der Waals surface area contributed by atoms with Gasteiger partial charge in [-0.05, 0) is 11.6 Å². The summed E-state index contributed by atoms with van der Waals surface area (Å²) >= 11 is 6.17. The predicted molar refractivity (Wildman–Crippen MR) is 76.8 cm³/mol. The molecule has 0 saturated heterocycles. The zero-order chi connectivity index (χ0) is 14.1. The van der Waals surface area contributed by atoms with Crippen molar-refractivity contribution in [2.45, 2.75) is 6.54 Å². The lowest BCUT2D eigenvalue weighted by Gasteiger charge is -2.07. The average molecular weight is 290 g/mol. The molecule has 20 heavy (non-hydrogen) atoms. The van der Waals surface area contributed by atoms with Crippen LogP contribution in [0.5, 0.6) is 5.88 Å². The molecule has 7 heteroatoms. The smallest absolute Gasteiger partial charge is 0.245 e. The van der Waals surface area contributed by atoms with Crippen molar-refractivity contribution in [3.8, 4) is 5.88 Å². The van der Waals surface area contributed by atoms with Gasteiger partial charge in [-0.3, -0.25) is 4.57 Å². The molecule has 0 unspecified atom stereocenters. The summed E-state index contributed by atoms with van der Waals surface area (Å²) in [5.41, 5.74) is 8.06. The number of halogens is 1. The Kier molecular flexibility index (Phi) is 3.15. The Hall–Kier alpha value is -2.34. The Morgan fingerprint density at radius 2 is 2.10 bits per heavy atom. The fourth-order valence-corrected chi connectivity index (χ4v) is 2.23. The molecule has 2 aromatic heterocycles. The van der Waals surface area contributed by atoms with Crippen LogP contribution in [0.1, 0.15) is 5.56 Å². The predicted octanol–water partition coefficient (Wildman–Crippen LogP) is 2.12. The van der Waals surface area contributed by atoms with Gasteiger partial charge < -0.3 is 10.5 Å². The molecule has 1 aromatic carbocycles. The summed E-state index contributed by atoms with van der Waals surface area (Å²) in [6, 6.07) is 7.58. The number of anilines is 1. The molecule has 3 aromatic rings. The summed E-state index contributed by atoms with van der Waals surface area (Å²) in [7, 11) is 1.53. The molecule has 0 fully saturated rings. The van der Waals surface area contributed by atoms with Crippen LogP contribution in [0.25, 0.3) is 11.2 Å². The highest BCUT2D eigenvalue weighted by Crippen LogP contribution is 2.25. The second-order valence-electron chi connectivity index (χ2n) is 4.20. The van der Waals surface area contributed by atoms with Gasteiger partial charge in [0, 0.05) is 5.02 Å². The van der Waals surface area contributed by atoms with E-state index in [-0.39, 0.29) is 0 Å². The molecular formula is C13H12ClN5O. The number of rotatable bonds is 3. The Balaban J connectivity index is 2.13. The van der Waals surface area contributed by atoms with Gasteiger partial charge in [-0.1, -0.05) is 29.8 Å². The highest BCUT2D eigenvalue weighted by atomic mass is 35.5. The first-order valence-corrected chi connectivity index (χ1v) is 6.32. The van der Waals surface area contributed by atoms with E-state index in [1.165, 1.54) is 13.4 Å². The number of aromatic nitrogens is 4. The van der Waals surface area contributed by atoms with Gasteiger partial charge in [-0.2, -0.15) is 4.98 Å². The third kappa shape index (κ3) is 2.04. The molecule has 102 valence electrons. The van der Waals surface area contributed by atoms with Crippen LogP contribution in [-0.4, -0.2) is 26.6 Å². The number of ether oxygens (including phenoxy) is 1. The van der Waals surface area contributed by atoms with Crippen LogP contribution in [0.4, 0.5) is 5.95 Å². The van der Waals surface area contributed by atoms with Gasteiger partial charge >= 0.3 is 0 Å². The average Bonchev–Trinajstić information content (AvgIpc) is 2.77. The van der Waals surface area contributed by atoms with Crippen LogP contribution in [0, 0.1) is 0 Å². The van der Waals surface area contributed by atoms with Crippen molar-refractivity contribution in [2.75, 3.05) is 12.8 Å². The zero-order valence-electron chi connectivity index (χ0n) is 10.7. The highest BCUT2D eigenvalue weighted by Gasteiger charge is 2.15. The molecule has 0 aliphatic heterocycles. The van der Waals surface area contributed by atoms with Crippen LogP contribution in [-0.2, 0) is 6.54 Å². The van der Waals surface area contributed by atoms with Crippen molar-refractivity contribution in [1.82, 2.24) is 19.5 Å². The van der Waals surface area contributed by atoms with Gasteiger partial charge in [0.1, 0.15) is 6.33 Å². The third-order valence-electron chi connectivity index (χ3n) is 3.01. The number of hydrogen-bond donors (Lipinski definition) is 1. The van der Waals surface area contributed by atoms with E-state index in [0.717, 1.165) is 5.56 Å². The molecule has 6 nitrogen and oxygen atoms in total. The summed E-state index contributed by atoms with van der Waals surface area (Å²) in [6.07, 6.45) is 1.42. The van der Waals surface area contributed by atoms with Gasteiger partial charge in [-0.25, -0.2) is 9.97 Å². The molecule has 2 N–H and O–H groups in total. The standard InChI is InChI=1S/C13H12ClN5O/c1-20-12-10-11(16-7-17-12)19(13(15)18-10)6-8-4-2-3-5-9(8)14/h2-5,7H,6H2,1H3,(H2,15,18). The fourth-order valence-electron chi connectivity index (χ4n) is 2.03. The van der Waals surface area contributed by atoms with E-state index >= 15 is 0 Å². The maximum Gasteiger partial charge on any atom is 0.245 e. The minimum absolute atomic E-state index is 0.346. The molecule has 3 rings (SSSR count). The van der Waals surface area contributed by atoms with Gasteiger partial charge in [0.15, 0.2) is 11.2 Å². The maximum atomic E-state index is 6.17. The number of nitrogen functional groups attached to an aromatic ring is 1. The normalized spacial score (nSPS) is 10.9. The summed E-state index contributed by atoms with van der Waals surface area (Å²) in [4.78, 5) is 12.5. The van der Waals surface area contributed by atoms with Crippen molar-refractivity contribution >= 4 is 28.7 Å². The van der Waals surface area contributed by atoms with Crippen LogP contribution in [0.15, 0.2) is 30.6 Å². The summed E-state index contributed by atoms with van der Waals surface area (Å²) in [6.45, 7) is 0.488. The summed E-state index contributed by atoms with van der Waals surface area (Å²) < 4.78 is 6.94.